The van der Waals surface area contributed by atoms with Crippen LogP contribution in [0, 0.1) is 11.3 Å². The Balaban J connectivity index is 1.46. The number of carbonyl (C=O) groups is 1. The van der Waals surface area contributed by atoms with Crippen LogP contribution >= 0.6 is 0 Å². The molecule has 1 aliphatic carbocycles. The van der Waals surface area contributed by atoms with Gasteiger partial charge in [0.1, 0.15) is 6.04 Å². The first-order valence-corrected chi connectivity index (χ1v) is 8.11. The Bertz CT molecular complexity index is 773. The molecule has 1 aliphatic heterocycles. The van der Waals surface area contributed by atoms with Gasteiger partial charge in [-0.25, -0.2) is 0 Å². The second-order valence-corrected chi connectivity index (χ2v) is 6.35. The van der Waals surface area contributed by atoms with Crippen molar-refractivity contribution in [2.24, 2.45) is 0 Å². The number of aromatic amines is 1. The van der Waals surface area contributed by atoms with Gasteiger partial charge >= 0.3 is 0 Å². The van der Waals surface area contributed by atoms with E-state index in [2.05, 4.69) is 21.2 Å². The van der Waals surface area contributed by atoms with Crippen LogP contribution in [0.4, 0.5) is 0 Å². The number of para-hydroxylation sites is 1. The zero-order chi connectivity index (χ0) is 15.8. The lowest BCUT2D eigenvalue weighted by atomic mass is 10.1. The van der Waals surface area contributed by atoms with Crippen molar-refractivity contribution in [2.75, 3.05) is 19.6 Å². The van der Waals surface area contributed by atoms with Crippen LogP contribution in [-0.4, -0.2) is 57.6 Å². The molecule has 2 aromatic rings. The van der Waals surface area contributed by atoms with Crippen molar-refractivity contribution in [3.8, 4) is 6.07 Å². The molecule has 1 saturated carbocycles. The van der Waals surface area contributed by atoms with Crippen LogP contribution in [0.2, 0.25) is 0 Å². The van der Waals surface area contributed by atoms with Crippen molar-refractivity contribution >= 4 is 16.8 Å². The Kier molecular flexibility index (Phi) is 3.50. The topological polar surface area (TPSA) is 76.0 Å². The number of nitrogens with one attached hydrogen (secondary N) is 1. The molecular formula is C17H19N5O. The molecule has 2 aliphatic rings. The van der Waals surface area contributed by atoms with Gasteiger partial charge in [0.2, 0.25) is 5.91 Å². The first-order chi connectivity index (χ1) is 11.3. The van der Waals surface area contributed by atoms with Crippen molar-refractivity contribution in [2.45, 2.75) is 31.3 Å². The summed E-state index contributed by atoms with van der Waals surface area (Å²) in [5.41, 5.74) is 1.73. The molecule has 2 fully saturated rings. The van der Waals surface area contributed by atoms with Crippen molar-refractivity contribution < 1.29 is 4.79 Å². The van der Waals surface area contributed by atoms with E-state index in [1.54, 1.807) is 0 Å². The van der Waals surface area contributed by atoms with E-state index < -0.39 is 0 Å². The van der Waals surface area contributed by atoms with E-state index in [4.69, 9.17) is 0 Å². The zero-order valence-corrected chi connectivity index (χ0v) is 12.9. The van der Waals surface area contributed by atoms with Crippen molar-refractivity contribution in [3.63, 3.8) is 0 Å². The molecule has 1 aromatic heterocycles. The Labute approximate surface area is 134 Å². The summed E-state index contributed by atoms with van der Waals surface area (Å²) in [4.78, 5) is 16.7. The number of fused-ring (bicyclic) bond motifs is 1. The molecule has 2 heterocycles. The molecule has 118 valence electrons. The smallest absolute Gasteiger partial charge is 0.228 e. The number of hydrogen-bond acceptors (Lipinski definition) is 4. The number of aromatic nitrogens is 2. The minimum absolute atomic E-state index is 0.0649. The third-order valence-electron chi connectivity index (χ3n) is 4.81. The molecule has 0 bridgehead atoms. The summed E-state index contributed by atoms with van der Waals surface area (Å²) in [6, 6.07) is 10.5. The van der Waals surface area contributed by atoms with E-state index >= 15 is 0 Å². The van der Waals surface area contributed by atoms with Crippen LogP contribution in [0.5, 0.6) is 0 Å². The number of amides is 1. The highest BCUT2D eigenvalue weighted by molar-refractivity contribution is 5.87. The van der Waals surface area contributed by atoms with Crippen LogP contribution in [0.3, 0.4) is 0 Å². The van der Waals surface area contributed by atoms with Gasteiger partial charge in [-0.2, -0.15) is 10.4 Å². The third-order valence-corrected chi connectivity index (χ3v) is 4.81. The minimum atomic E-state index is -0.168. The molecular weight excluding hydrogens is 290 g/mol. The van der Waals surface area contributed by atoms with Crippen LogP contribution in [0.25, 0.3) is 10.9 Å². The number of benzene rings is 1. The van der Waals surface area contributed by atoms with Gasteiger partial charge in [0.05, 0.1) is 23.7 Å². The predicted molar refractivity (Wildman–Crippen MR) is 85.5 cm³/mol. The summed E-state index contributed by atoms with van der Waals surface area (Å²) in [6.07, 6.45) is 2.68. The predicted octanol–water partition coefficient (Wildman–Crippen LogP) is 1.30. The number of nitrogens with zero attached hydrogens (tertiary/aromatic N) is 4. The number of rotatable bonds is 3. The van der Waals surface area contributed by atoms with E-state index in [0.29, 0.717) is 25.6 Å². The fourth-order valence-corrected chi connectivity index (χ4v) is 3.39. The Morgan fingerprint density at radius 3 is 2.96 bits per heavy atom. The molecule has 0 radical (unpaired) electrons. The van der Waals surface area contributed by atoms with Crippen molar-refractivity contribution in [1.29, 1.82) is 5.26 Å². The van der Waals surface area contributed by atoms with Crippen molar-refractivity contribution in [1.82, 2.24) is 20.0 Å². The fourth-order valence-electron chi connectivity index (χ4n) is 3.39. The summed E-state index contributed by atoms with van der Waals surface area (Å²) in [5, 5.41) is 17.6. The van der Waals surface area contributed by atoms with E-state index in [9.17, 15) is 10.1 Å². The number of piperazine rings is 1. The second-order valence-electron chi connectivity index (χ2n) is 6.35. The highest BCUT2D eigenvalue weighted by Crippen LogP contribution is 2.30. The van der Waals surface area contributed by atoms with Gasteiger partial charge in [-0.1, -0.05) is 18.2 Å². The maximum absolute atomic E-state index is 12.6. The molecule has 0 spiro atoms. The molecule has 6 heteroatoms. The van der Waals surface area contributed by atoms with Crippen molar-refractivity contribution in [3.05, 3.63) is 30.0 Å². The molecule has 1 amide bonds. The number of hydrogen-bond donors (Lipinski definition) is 1. The maximum atomic E-state index is 12.6. The lowest BCUT2D eigenvalue weighted by Crippen LogP contribution is -2.55. The highest BCUT2D eigenvalue weighted by atomic mass is 16.2. The van der Waals surface area contributed by atoms with Gasteiger partial charge in [0, 0.05) is 31.1 Å². The number of carbonyl (C=O) groups excluding carboxylic acids is 1. The summed E-state index contributed by atoms with van der Waals surface area (Å²) < 4.78 is 0. The summed E-state index contributed by atoms with van der Waals surface area (Å²) in [5.74, 6) is 0.0649. The average molecular weight is 309 g/mol. The summed E-state index contributed by atoms with van der Waals surface area (Å²) >= 11 is 0. The van der Waals surface area contributed by atoms with Gasteiger partial charge in [-0.05, 0) is 18.9 Å². The minimum Gasteiger partial charge on any atom is -0.338 e. The lowest BCUT2D eigenvalue weighted by Gasteiger charge is -2.38. The van der Waals surface area contributed by atoms with E-state index in [-0.39, 0.29) is 11.9 Å². The highest BCUT2D eigenvalue weighted by Gasteiger charge is 2.38. The standard InChI is InChI=1S/C17H19N5O/c18-10-13-11-21(7-8-22(13)12-5-6-12)17(23)9-16-14-3-1-2-4-15(14)19-20-16/h1-4,12-13H,5-9,11H2,(H,19,20). The maximum Gasteiger partial charge on any atom is 0.228 e. The Hall–Kier alpha value is -2.39. The lowest BCUT2D eigenvalue weighted by molar-refractivity contribution is -0.133. The zero-order valence-electron chi connectivity index (χ0n) is 12.9. The molecule has 1 N–H and O–H groups in total. The molecule has 4 rings (SSSR count). The molecule has 23 heavy (non-hydrogen) atoms. The quantitative estimate of drug-likeness (QED) is 0.927. The second kappa shape index (κ2) is 5.67. The van der Waals surface area contributed by atoms with Gasteiger partial charge < -0.3 is 4.90 Å². The first-order valence-electron chi connectivity index (χ1n) is 8.11. The molecule has 1 saturated heterocycles. The summed E-state index contributed by atoms with van der Waals surface area (Å²) in [6.45, 7) is 2.02. The first kappa shape index (κ1) is 14.2. The summed E-state index contributed by atoms with van der Waals surface area (Å²) in [7, 11) is 0. The molecule has 1 atom stereocenters. The van der Waals surface area contributed by atoms with Crippen LogP contribution < -0.4 is 0 Å². The normalized spacial score (nSPS) is 22.2. The van der Waals surface area contributed by atoms with E-state index in [1.165, 1.54) is 12.8 Å². The van der Waals surface area contributed by atoms with Gasteiger partial charge in [-0.15, -0.1) is 0 Å². The largest absolute Gasteiger partial charge is 0.338 e. The van der Waals surface area contributed by atoms with E-state index in [1.807, 2.05) is 29.2 Å². The monoisotopic (exact) mass is 309 g/mol. The van der Waals surface area contributed by atoms with Gasteiger partial charge in [-0.3, -0.25) is 14.8 Å². The molecule has 1 unspecified atom stereocenters. The van der Waals surface area contributed by atoms with Crippen LogP contribution in [0.1, 0.15) is 18.5 Å². The number of H-pyrrole nitrogens is 1. The average Bonchev–Trinajstić information content (AvgIpc) is 3.36. The number of nitriles is 1. The molecule has 1 aromatic carbocycles. The SMILES string of the molecule is N#CC1CN(C(=O)Cc2[nH]nc3ccccc23)CCN1C1CC1. The van der Waals surface area contributed by atoms with Crippen LogP contribution in [-0.2, 0) is 11.2 Å². The third kappa shape index (κ3) is 2.68. The van der Waals surface area contributed by atoms with Gasteiger partial charge in [0.15, 0.2) is 0 Å². The van der Waals surface area contributed by atoms with Gasteiger partial charge in [0.25, 0.3) is 0 Å². The van der Waals surface area contributed by atoms with E-state index in [0.717, 1.165) is 23.1 Å². The Morgan fingerprint density at radius 2 is 2.17 bits per heavy atom. The Morgan fingerprint density at radius 1 is 1.35 bits per heavy atom. The van der Waals surface area contributed by atoms with Crippen LogP contribution in [0.15, 0.2) is 24.3 Å². The fraction of sp³-hybridized carbons (Fsp3) is 0.471. The molecule has 6 nitrogen and oxygen atoms in total.